The molecule has 49 heavy (non-hydrogen) atoms. The molecule has 1 unspecified atom stereocenters. The Balaban J connectivity index is 1.19. The van der Waals surface area contributed by atoms with Crippen molar-refractivity contribution in [3.05, 3.63) is 113 Å². The average Bonchev–Trinajstić information content (AvgIpc) is 3.57. The van der Waals surface area contributed by atoms with Crippen molar-refractivity contribution in [2.75, 3.05) is 25.2 Å². The van der Waals surface area contributed by atoms with Crippen LogP contribution in [0.3, 0.4) is 0 Å². The predicted molar refractivity (Wildman–Crippen MR) is 190 cm³/mol. The summed E-state index contributed by atoms with van der Waals surface area (Å²) in [5.74, 6) is -0.641. The first-order chi connectivity index (χ1) is 23.4. The Bertz CT molecular complexity index is 1900. The number of carbonyl (C=O) groups excluding carboxylic acids is 2. The minimum atomic E-state index is -0.792. The van der Waals surface area contributed by atoms with Gasteiger partial charge in [-0.15, -0.1) is 0 Å². The van der Waals surface area contributed by atoms with Gasteiger partial charge in [0.15, 0.2) is 6.23 Å². The van der Waals surface area contributed by atoms with E-state index < -0.39 is 18.2 Å². The molecule has 0 aliphatic carbocycles. The molecule has 1 saturated heterocycles. The number of nitrogens with two attached hydrogens (primary N) is 3. The molecule has 2 heterocycles. The van der Waals surface area contributed by atoms with E-state index >= 15 is 0 Å². The number of carbonyl (C=O) groups is 2. The molecule has 10 N–H and O–H groups in total. The zero-order chi connectivity index (χ0) is 35.4. The van der Waals surface area contributed by atoms with Gasteiger partial charge in [0.05, 0.1) is 12.2 Å². The number of phenolic OH excluding ortho intramolecular Hbond substituents is 2. The Labute approximate surface area is 285 Å². The van der Waals surface area contributed by atoms with Gasteiger partial charge in [-0.3, -0.25) is 9.59 Å². The Morgan fingerprint density at radius 3 is 2.43 bits per heavy atom. The maximum absolute atomic E-state index is 13.2. The molecule has 1 fully saturated rings. The quantitative estimate of drug-likeness (QED) is 0.0456. The van der Waals surface area contributed by atoms with Gasteiger partial charge >= 0.3 is 0 Å². The lowest BCUT2D eigenvalue weighted by molar-refractivity contribution is -0.114. The van der Waals surface area contributed by atoms with Crippen LogP contribution >= 0.6 is 0 Å². The van der Waals surface area contributed by atoms with Crippen LogP contribution in [0, 0.1) is 0 Å². The number of hydrogen-bond donors (Lipinski definition) is 7. The smallest absolute Gasteiger partial charge is 0.253 e. The van der Waals surface area contributed by atoms with Crippen molar-refractivity contribution >= 4 is 28.4 Å². The highest BCUT2D eigenvalue weighted by atomic mass is 16.3. The highest BCUT2D eigenvalue weighted by Crippen LogP contribution is 2.50. The van der Waals surface area contributed by atoms with E-state index in [-0.39, 0.29) is 35.6 Å². The third-order valence-electron chi connectivity index (χ3n) is 9.03. The monoisotopic (exact) mass is 667 g/mol. The van der Waals surface area contributed by atoms with Crippen LogP contribution in [0.5, 0.6) is 11.5 Å². The molecular formula is C37H45N7O5. The molecule has 258 valence electrons. The van der Waals surface area contributed by atoms with Crippen LogP contribution in [0.2, 0.25) is 0 Å². The van der Waals surface area contributed by atoms with Crippen molar-refractivity contribution in [2.45, 2.75) is 51.4 Å². The normalized spacial score (nSPS) is 16.3. The zero-order valence-corrected chi connectivity index (χ0v) is 28.0. The number of aromatic hydroxyl groups is 2. The molecule has 1 aliphatic heterocycles. The lowest BCUT2D eigenvalue weighted by Crippen LogP contribution is -2.30. The van der Waals surface area contributed by atoms with E-state index in [9.17, 15) is 24.9 Å². The summed E-state index contributed by atoms with van der Waals surface area (Å²) in [5, 5.41) is 35.3. The highest BCUT2D eigenvalue weighted by molar-refractivity contribution is 5.96. The number of rotatable bonds is 14. The second kappa shape index (κ2) is 14.8. The van der Waals surface area contributed by atoms with E-state index in [1.165, 1.54) is 18.5 Å². The summed E-state index contributed by atoms with van der Waals surface area (Å²) in [6, 6.07) is 18.0. The van der Waals surface area contributed by atoms with Gasteiger partial charge in [-0.2, -0.15) is 0 Å². The minimum absolute atomic E-state index is 0.0418. The van der Waals surface area contributed by atoms with Crippen LogP contribution in [0.25, 0.3) is 10.9 Å². The minimum Gasteiger partial charge on any atom is -0.508 e. The Morgan fingerprint density at radius 2 is 1.78 bits per heavy atom. The summed E-state index contributed by atoms with van der Waals surface area (Å²) in [5.41, 5.74) is 22.3. The SMILES string of the molecule is CC(C)c1cc([C@H]2C(O)N2c2ccc3c(ccn3CCN(C)C(=O)c3ccc(CCC(=C/N)/C(=C/NCN)C(N)=O)cc3)c2)c(O)cc1O. The largest absolute Gasteiger partial charge is 0.508 e. The maximum atomic E-state index is 13.2. The Kier molecular flexibility index (Phi) is 10.5. The Morgan fingerprint density at radius 1 is 1.04 bits per heavy atom. The number of nitrogens with one attached hydrogen (secondary N) is 1. The first-order valence-electron chi connectivity index (χ1n) is 16.2. The number of aryl methyl sites for hydroxylation is 1. The summed E-state index contributed by atoms with van der Waals surface area (Å²) >= 11 is 0. The third-order valence-corrected chi connectivity index (χ3v) is 9.03. The van der Waals surface area contributed by atoms with E-state index in [2.05, 4.69) is 9.88 Å². The van der Waals surface area contributed by atoms with Crippen molar-refractivity contribution in [1.29, 1.82) is 0 Å². The number of aliphatic hydroxyl groups is 1. The predicted octanol–water partition coefficient (Wildman–Crippen LogP) is 3.48. The lowest BCUT2D eigenvalue weighted by atomic mass is 9.97. The molecule has 3 aromatic carbocycles. The number of aromatic nitrogens is 1. The number of anilines is 1. The first-order valence-corrected chi connectivity index (χ1v) is 16.2. The Hall–Kier alpha value is -5.46. The van der Waals surface area contributed by atoms with Gasteiger partial charge in [0, 0.05) is 66.3 Å². The standard InChI is InChI=1S/C37H45N7O5/c1-22(2)28-17-29(33(46)18-32(28)45)34-37(49)44(34)27-10-11-31-25(16-27)12-13-43(31)15-14-42(3)36(48)24-7-4-23(5-8-24)6-9-26(19-38)30(35(40)47)20-41-21-39/h4-5,7-8,10-13,16-20,22,34,37,41,45-46,49H,6,9,14-15,21,38-39H2,1-3H3,(H2,40,47)/b26-19-,30-20-/t34-,37?,44?/m0/s1. The van der Waals surface area contributed by atoms with E-state index in [1.807, 2.05) is 61.3 Å². The van der Waals surface area contributed by atoms with Crippen LogP contribution in [0.15, 0.2) is 90.4 Å². The highest BCUT2D eigenvalue weighted by Gasteiger charge is 2.49. The zero-order valence-electron chi connectivity index (χ0n) is 28.0. The summed E-state index contributed by atoms with van der Waals surface area (Å²) in [6.07, 6.45) is 5.10. The average molecular weight is 668 g/mol. The second-order valence-corrected chi connectivity index (χ2v) is 12.6. The topological polar surface area (TPSA) is 196 Å². The summed E-state index contributed by atoms with van der Waals surface area (Å²) in [6.45, 7) is 5.16. The number of phenols is 2. The molecule has 2 amide bonds. The molecule has 2 atom stereocenters. The molecule has 12 nitrogen and oxygen atoms in total. The maximum Gasteiger partial charge on any atom is 0.253 e. The third kappa shape index (κ3) is 7.50. The van der Waals surface area contributed by atoms with Gasteiger partial charge in [0.25, 0.3) is 11.8 Å². The fourth-order valence-electron chi connectivity index (χ4n) is 6.16. The molecule has 1 aromatic heterocycles. The van der Waals surface area contributed by atoms with Gasteiger partial charge in [0.2, 0.25) is 0 Å². The first kappa shape index (κ1) is 34.9. The fourth-order valence-corrected chi connectivity index (χ4v) is 6.16. The van der Waals surface area contributed by atoms with Crippen molar-refractivity contribution < 1.29 is 24.9 Å². The van der Waals surface area contributed by atoms with Crippen LogP contribution < -0.4 is 27.4 Å². The molecule has 0 bridgehead atoms. The molecule has 4 aromatic rings. The van der Waals surface area contributed by atoms with Gasteiger partial charge < -0.3 is 52.2 Å². The van der Waals surface area contributed by atoms with E-state index in [4.69, 9.17) is 17.2 Å². The number of likely N-dealkylation sites (N-methyl/N-ethyl adjacent to an activating group) is 1. The molecular weight excluding hydrogens is 622 g/mol. The number of fused-ring (bicyclic) bond motifs is 1. The second-order valence-electron chi connectivity index (χ2n) is 12.6. The fraction of sp³-hybridized carbons (Fsp3) is 0.297. The van der Waals surface area contributed by atoms with Crippen LogP contribution in [0.4, 0.5) is 5.69 Å². The molecule has 12 heteroatoms. The number of amides is 2. The number of benzene rings is 3. The van der Waals surface area contributed by atoms with E-state index in [0.29, 0.717) is 42.6 Å². The summed E-state index contributed by atoms with van der Waals surface area (Å²) in [7, 11) is 1.77. The van der Waals surface area contributed by atoms with Gasteiger partial charge in [0.1, 0.15) is 17.5 Å². The summed E-state index contributed by atoms with van der Waals surface area (Å²) < 4.78 is 2.09. The molecule has 1 aliphatic rings. The van der Waals surface area contributed by atoms with Crippen LogP contribution in [0.1, 0.15) is 59.3 Å². The van der Waals surface area contributed by atoms with Gasteiger partial charge in [-0.1, -0.05) is 26.0 Å². The van der Waals surface area contributed by atoms with Crippen molar-refractivity contribution in [2.24, 2.45) is 17.2 Å². The summed E-state index contributed by atoms with van der Waals surface area (Å²) in [4.78, 5) is 28.6. The van der Waals surface area contributed by atoms with Crippen LogP contribution in [-0.2, 0) is 17.8 Å². The molecule has 0 saturated carbocycles. The van der Waals surface area contributed by atoms with Gasteiger partial charge in [-0.25, -0.2) is 0 Å². The van der Waals surface area contributed by atoms with Crippen molar-refractivity contribution in [3.63, 3.8) is 0 Å². The molecule has 0 radical (unpaired) electrons. The number of primary amides is 1. The molecule has 0 spiro atoms. The van der Waals surface area contributed by atoms with Gasteiger partial charge in [-0.05, 0) is 84.1 Å². The lowest BCUT2D eigenvalue weighted by Gasteiger charge is -2.18. The van der Waals surface area contributed by atoms with E-state index in [1.54, 1.807) is 30.1 Å². The van der Waals surface area contributed by atoms with Crippen molar-refractivity contribution in [3.8, 4) is 11.5 Å². The molecule has 5 rings (SSSR count). The van der Waals surface area contributed by atoms with Crippen LogP contribution in [-0.4, -0.2) is 63.1 Å². The number of nitrogens with zero attached hydrogens (tertiary/aromatic N) is 3. The van der Waals surface area contributed by atoms with Crippen molar-refractivity contribution in [1.82, 2.24) is 14.8 Å². The number of aliphatic hydroxyl groups excluding tert-OH is 1. The van der Waals surface area contributed by atoms with E-state index in [0.717, 1.165) is 27.7 Å². The number of hydrogen-bond acceptors (Lipinski definition) is 9.